The SMILES string of the molecule is COc1cccc(C[NH+](C)[C@H](C)c2nc3sc4c(c3c(=O)[nH]2)CC[C@@H](C)C4)c1. The predicted octanol–water partition coefficient (Wildman–Crippen LogP) is 2.89. The Morgan fingerprint density at radius 1 is 1.43 bits per heavy atom. The summed E-state index contributed by atoms with van der Waals surface area (Å²) < 4.78 is 5.33. The summed E-state index contributed by atoms with van der Waals surface area (Å²) in [6.07, 6.45) is 3.22. The zero-order valence-corrected chi connectivity index (χ0v) is 17.8. The highest BCUT2D eigenvalue weighted by atomic mass is 32.1. The number of nitrogens with zero attached hydrogens (tertiary/aromatic N) is 1. The quantitative estimate of drug-likeness (QED) is 0.695. The smallest absolute Gasteiger partial charge is 0.260 e. The number of quaternary nitrogens is 1. The van der Waals surface area contributed by atoms with E-state index in [-0.39, 0.29) is 11.6 Å². The molecule has 0 saturated carbocycles. The van der Waals surface area contributed by atoms with Gasteiger partial charge in [-0.05, 0) is 49.8 Å². The van der Waals surface area contributed by atoms with Gasteiger partial charge in [0, 0.05) is 10.4 Å². The summed E-state index contributed by atoms with van der Waals surface area (Å²) in [4.78, 5) is 24.4. The van der Waals surface area contributed by atoms with Crippen LogP contribution in [0.5, 0.6) is 5.75 Å². The molecule has 1 aromatic carbocycles. The van der Waals surface area contributed by atoms with E-state index in [0.717, 1.165) is 47.6 Å². The van der Waals surface area contributed by atoms with Crippen LogP contribution in [0, 0.1) is 5.92 Å². The highest BCUT2D eigenvalue weighted by Crippen LogP contribution is 2.35. The Labute approximate surface area is 169 Å². The Bertz CT molecular complexity index is 1060. The highest BCUT2D eigenvalue weighted by molar-refractivity contribution is 7.18. The Balaban J connectivity index is 1.62. The topological polar surface area (TPSA) is 59.4 Å². The molecule has 0 bridgehead atoms. The molecule has 6 heteroatoms. The summed E-state index contributed by atoms with van der Waals surface area (Å²) in [7, 11) is 3.82. The average molecular weight is 399 g/mol. The molecule has 3 aromatic rings. The number of thiophene rings is 1. The van der Waals surface area contributed by atoms with Crippen LogP contribution in [0.3, 0.4) is 0 Å². The lowest BCUT2D eigenvalue weighted by atomic mass is 9.89. The minimum atomic E-state index is 0.0214. The average Bonchev–Trinajstić information content (AvgIpc) is 3.05. The first kappa shape index (κ1) is 19.2. The molecule has 1 unspecified atom stereocenters. The molecule has 1 aliphatic rings. The van der Waals surface area contributed by atoms with E-state index >= 15 is 0 Å². The van der Waals surface area contributed by atoms with Crippen LogP contribution in [-0.4, -0.2) is 24.1 Å². The van der Waals surface area contributed by atoms with Crippen molar-refractivity contribution in [3.05, 3.63) is 56.4 Å². The lowest BCUT2D eigenvalue weighted by molar-refractivity contribution is -0.924. The first-order valence-electron chi connectivity index (χ1n) is 9.96. The van der Waals surface area contributed by atoms with Crippen molar-refractivity contribution >= 4 is 21.6 Å². The van der Waals surface area contributed by atoms with Gasteiger partial charge in [0.1, 0.15) is 23.2 Å². The van der Waals surface area contributed by atoms with Crippen LogP contribution in [0.15, 0.2) is 29.1 Å². The summed E-state index contributed by atoms with van der Waals surface area (Å²) in [5.74, 6) is 2.32. The maximum atomic E-state index is 12.9. The van der Waals surface area contributed by atoms with E-state index in [2.05, 4.69) is 38.0 Å². The third kappa shape index (κ3) is 3.59. The fourth-order valence-electron chi connectivity index (χ4n) is 4.06. The number of methoxy groups -OCH3 is 1. The zero-order chi connectivity index (χ0) is 19.8. The summed E-state index contributed by atoms with van der Waals surface area (Å²) in [5, 5.41) is 0.827. The molecule has 2 N–H and O–H groups in total. The highest BCUT2D eigenvalue weighted by Gasteiger charge is 2.25. The number of H-pyrrole nitrogens is 1. The lowest BCUT2D eigenvalue weighted by Crippen LogP contribution is -3.07. The minimum Gasteiger partial charge on any atom is -0.497 e. The van der Waals surface area contributed by atoms with Crippen LogP contribution in [0.1, 0.15) is 48.1 Å². The van der Waals surface area contributed by atoms with E-state index in [1.807, 2.05) is 12.1 Å². The van der Waals surface area contributed by atoms with Crippen LogP contribution in [0.4, 0.5) is 0 Å². The van der Waals surface area contributed by atoms with E-state index < -0.39 is 0 Å². The van der Waals surface area contributed by atoms with E-state index in [4.69, 9.17) is 9.72 Å². The number of hydrogen-bond donors (Lipinski definition) is 2. The molecule has 2 aromatic heterocycles. The predicted molar refractivity (Wildman–Crippen MR) is 113 cm³/mol. The van der Waals surface area contributed by atoms with Gasteiger partial charge in [0.25, 0.3) is 5.56 Å². The molecule has 0 spiro atoms. The van der Waals surface area contributed by atoms with Crippen molar-refractivity contribution in [2.24, 2.45) is 5.92 Å². The van der Waals surface area contributed by atoms with Crippen molar-refractivity contribution in [1.29, 1.82) is 0 Å². The van der Waals surface area contributed by atoms with Crippen LogP contribution in [0.2, 0.25) is 0 Å². The third-order valence-electron chi connectivity index (χ3n) is 5.95. The number of aromatic amines is 1. The maximum absolute atomic E-state index is 12.9. The van der Waals surface area contributed by atoms with Gasteiger partial charge >= 0.3 is 0 Å². The van der Waals surface area contributed by atoms with Gasteiger partial charge in [0.2, 0.25) is 0 Å². The molecule has 5 nitrogen and oxygen atoms in total. The van der Waals surface area contributed by atoms with E-state index in [9.17, 15) is 4.79 Å². The number of aromatic nitrogens is 2. The third-order valence-corrected chi connectivity index (χ3v) is 7.10. The summed E-state index contributed by atoms with van der Waals surface area (Å²) in [6, 6.07) is 8.21. The molecule has 0 aliphatic heterocycles. The molecule has 2 heterocycles. The summed E-state index contributed by atoms with van der Waals surface area (Å²) in [6.45, 7) is 5.24. The number of ether oxygens (including phenoxy) is 1. The number of rotatable bonds is 5. The van der Waals surface area contributed by atoms with Gasteiger partial charge in [-0.15, -0.1) is 11.3 Å². The van der Waals surface area contributed by atoms with Gasteiger partial charge < -0.3 is 14.6 Å². The zero-order valence-electron chi connectivity index (χ0n) is 17.0. The standard InChI is InChI=1S/C22H27N3O2S/c1-13-8-9-17-18(10-13)28-22-19(17)21(26)23-20(24-22)14(2)25(3)12-15-6-5-7-16(11-15)27-4/h5-7,11,13-14H,8-10,12H2,1-4H3,(H,23,24,26)/p+1/t13-,14-/m1/s1. The number of nitrogens with one attached hydrogen (secondary N) is 2. The molecule has 0 fully saturated rings. The minimum absolute atomic E-state index is 0.0214. The Morgan fingerprint density at radius 2 is 2.25 bits per heavy atom. The Kier molecular flexibility index (Phi) is 5.25. The summed E-state index contributed by atoms with van der Waals surface area (Å²) in [5.41, 5.74) is 2.46. The van der Waals surface area contributed by atoms with Gasteiger partial charge in [0.05, 0.1) is 19.5 Å². The second-order valence-corrected chi connectivity index (χ2v) is 9.16. The Morgan fingerprint density at radius 3 is 3.04 bits per heavy atom. The lowest BCUT2D eigenvalue weighted by Gasteiger charge is -2.21. The van der Waals surface area contributed by atoms with Crippen molar-refractivity contribution in [1.82, 2.24) is 9.97 Å². The molecule has 0 saturated heterocycles. The monoisotopic (exact) mass is 398 g/mol. The van der Waals surface area contributed by atoms with Gasteiger partial charge in [-0.1, -0.05) is 19.1 Å². The van der Waals surface area contributed by atoms with Crippen molar-refractivity contribution in [2.75, 3.05) is 14.2 Å². The first-order chi connectivity index (χ1) is 13.5. The van der Waals surface area contributed by atoms with Crippen molar-refractivity contribution in [2.45, 2.75) is 45.7 Å². The number of fused-ring (bicyclic) bond motifs is 3. The number of hydrogen-bond acceptors (Lipinski definition) is 4. The molecule has 4 rings (SSSR count). The molecular formula is C22H28N3O2S+. The van der Waals surface area contributed by atoms with E-state index in [1.165, 1.54) is 20.9 Å². The molecule has 28 heavy (non-hydrogen) atoms. The molecule has 1 aliphatic carbocycles. The Hall–Kier alpha value is -2.18. The second-order valence-electron chi connectivity index (χ2n) is 8.08. The van der Waals surface area contributed by atoms with Gasteiger partial charge in [-0.25, -0.2) is 4.98 Å². The molecule has 0 radical (unpaired) electrons. The molecule has 3 atom stereocenters. The normalized spacial score (nSPS) is 18.6. The maximum Gasteiger partial charge on any atom is 0.260 e. The van der Waals surface area contributed by atoms with Crippen LogP contribution >= 0.6 is 11.3 Å². The number of aryl methyl sites for hydroxylation is 1. The van der Waals surface area contributed by atoms with Gasteiger partial charge in [-0.3, -0.25) is 4.79 Å². The van der Waals surface area contributed by atoms with Crippen LogP contribution in [0.25, 0.3) is 10.2 Å². The van der Waals surface area contributed by atoms with Crippen molar-refractivity contribution < 1.29 is 9.64 Å². The number of benzene rings is 1. The van der Waals surface area contributed by atoms with Crippen molar-refractivity contribution in [3.8, 4) is 5.75 Å². The fraction of sp³-hybridized carbons (Fsp3) is 0.455. The van der Waals surface area contributed by atoms with E-state index in [0.29, 0.717) is 5.92 Å². The van der Waals surface area contributed by atoms with Gasteiger partial charge in [0.15, 0.2) is 5.82 Å². The van der Waals surface area contributed by atoms with Crippen LogP contribution < -0.4 is 15.2 Å². The molecular weight excluding hydrogens is 370 g/mol. The first-order valence-corrected chi connectivity index (χ1v) is 10.8. The van der Waals surface area contributed by atoms with E-state index in [1.54, 1.807) is 18.4 Å². The molecule has 148 valence electrons. The van der Waals surface area contributed by atoms with Crippen LogP contribution in [-0.2, 0) is 19.4 Å². The second kappa shape index (κ2) is 7.68. The van der Waals surface area contributed by atoms with Crippen molar-refractivity contribution in [3.63, 3.8) is 0 Å². The largest absolute Gasteiger partial charge is 0.497 e. The van der Waals surface area contributed by atoms with Gasteiger partial charge in [-0.2, -0.15) is 0 Å². The molecule has 0 amide bonds. The fourth-order valence-corrected chi connectivity index (χ4v) is 5.45. The summed E-state index contributed by atoms with van der Waals surface area (Å²) >= 11 is 1.71.